The predicted molar refractivity (Wildman–Crippen MR) is 103 cm³/mol. The first-order valence-corrected chi connectivity index (χ1v) is 8.27. The molecule has 1 N–H and O–H groups in total. The van der Waals surface area contributed by atoms with Crippen molar-refractivity contribution in [2.24, 2.45) is 0 Å². The molecule has 2 aromatic heterocycles. The molecule has 0 spiro atoms. The van der Waals surface area contributed by atoms with Gasteiger partial charge in [0.1, 0.15) is 6.07 Å². The van der Waals surface area contributed by atoms with Crippen LogP contribution in [0.1, 0.15) is 16.7 Å². The van der Waals surface area contributed by atoms with Crippen molar-refractivity contribution in [3.05, 3.63) is 80.8 Å². The Hall–Kier alpha value is -3.65. The highest BCUT2D eigenvalue weighted by Gasteiger charge is 2.15. The molecule has 2 heterocycles. The van der Waals surface area contributed by atoms with Gasteiger partial charge in [0.2, 0.25) is 0 Å². The average Bonchev–Trinajstić information content (AvgIpc) is 3.03. The van der Waals surface area contributed by atoms with Crippen molar-refractivity contribution in [2.45, 2.75) is 13.8 Å². The predicted octanol–water partition coefficient (Wildman–Crippen LogP) is 2.91. The number of nitriles is 1. The summed E-state index contributed by atoms with van der Waals surface area (Å²) in [7, 11) is 0. The number of rotatable bonds is 2. The van der Waals surface area contributed by atoms with Crippen molar-refractivity contribution in [2.75, 3.05) is 5.32 Å². The van der Waals surface area contributed by atoms with Gasteiger partial charge in [0.15, 0.2) is 5.65 Å². The second-order valence-corrected chi connectivity index (χ2v) is 6.24. The molecule has 4 aromatic rings. The maximum atomic E-state index is 13.1. The maximum absolute atomic E-state index is 13.1. The topological polar surface area (TPSA) is 70.2 Å². The Kier molecular flexibility index (Phi) is 3.67. The fourth-order valence-electron chi connectivity index (χ4n) is 3.09. The summed E-state index contributed by atoms with van der Waals surface area (Å²) >= 11 is 0. The molecular formula is C21H16N4O. The van der Waals surface area contributed by atoms with Gasteiger partial charge in [-0.05, 0) is 43.7 Å². The van der Waals surface area contributed by atoms with Gasteiger partial charge in [0.05, 0.1) is 21.8 Å². The van der Waals surface area contributed by atoms with Crippen LogP contribution >= 0.6 is 0 Å². The van der Waals surface area contributed by atoms with Crippen LogP contribution in [0.15, 0.2) is 53.3 Å². The maximum Gasteiger partial charge on any atom is 0.265 e. The Labute approximate surface area is 149 Å². The highest BCUT2D eigenvalue weighted by molar-refractivity contribution is 5.82. The van der Waals surface area contributed by atoms with Gasteiger partial charge in [-0.2, -0.15) is 5.26 Å². The lowest BCUT2D eigenvalue weighted by Crippen LogP contribution is -2.34. The molecule has 0 radical (unpaired) electrons. The lowest BCUT2D eigenvalue weighted by molar-refractivity contribution is 1.10. The van der Waals surface area contributed by atoms with E-state index in [1.165, 1.54) is 4.40 Å². The summed E-state index contributed by atoms with van der Waals surface area (Å²) < 4.78 is 1.52. The highest BCUT2D eigenvalue weighted by atomic mass is 16.1. The van der Waals surface area contributed by atoms with E-state index in [9.17, 15) is 10.1 Å². The molecule has 0 saturated carbocycles. The molecule has 0 aliphatic heterocycles. The molecule has 0 amide bonds. The summed E-state index contributed by atoms with van der Waals surface area (Å²) in [5.74, 6) is 0. The first kappa shape index (κ1) is 15.9. The van der Waals surface area contributed by atoms with Crippen molar-refractivity contribution in [3.63, 3.8) is 0 Å². The molecule has 4 rings (SSSR count). The van der Waals surface area contributed by atoms with E-state index in [1.807, 2.05) is 55.5 Å². The number of imidazole rings is 1. The molecule has 0 unspecified atom stereocenters. The first-order chi connectivity index (χ1) is 12.6. The third-order valence-electron chi connectivity index (χ3n) is 4.54. The summed E-state index contributed by atoms with van der Waals surface area (Å²) in [5, 5.41) is 13.2. The lowest BCUT2D eigenvalue weighted by Gasteiger charge is -2.04. The SMILES string of the molecule is Cc1ccc(N/C=c2\c(C)c(C#N)c3nc4ccccc4n3c2=O)cc1. The minimum atomic E-state index is -0.190. The zero-order valence-corrected chi connectivity index (χ0v) is 14.4. The number of benzene rings is 2. The van der Waals surface area contributed by atoms with E-state index >= 15 is 0 Å². The largest absolute Gasteiger partial charge is 0.361 e. The van der Waals surface area contributed by atoms with Crippen LogP contribution in [-0.4, -0.2) is 9.38 Å². The van der Waals surface area contributed by atoms with Crippen LogP contribution < -0.4 is 16.1 Å². The van der Waals surface area contributed by atoms with E-state index in [0.29, 0.717) is 33.0 Å². The number of para-hydroxylation sites is 2. The van der Waals surface area contributed by atoms with Crippen LogP contribution in [-0.2, 0) is 0 Å². The van der Waals surface area contributed by atoms with Gasteiger partial charge in [-0.1, -0.05) is 29.8 Å². The zero-order valence-electron chi connectivity index (χ0n) is 14.4. The second kappa shape index (κ2) is 6.01. The lowest BCUT2D eigenvalue weighted by atomic mass is 10.1. The van der Waals surface area contributed by atoms with Crippen molar-refractivity contribution in [1.82, 2.24) is 9.38 Å². The van der Waals surface area contributed by atoms with E-state index in [-0.39, 0.29) is 5.56 Å². The molecule has 2 aromatic carbocycles. The molecule has 0 fully saturated rings. The normalized spacial score (nSPS) is 11.8. The number of hydrogen-bond donors (Lipinski definition) is 1. The first-order valence-electron chi connectivity index (χ1n) is 8.27. The summed E-state index contributed by atoms with van der Waals surface area (Å²) in [4.78, 5) is 17.6. The van der Waals surface area contributed by atoms with Gasteiger partial charge in [-0.15, -0.1) is 0 Å². The summed E-state index contributed by atoms with van der Waals surface area (Å²) in [6.07, 6.45) is 1.66. The quantitative estimate of drug-likeness (QED) is 0.609. The van der Waals surface area contributed by atoms with Crippen molar-refractivity contribution >= 4 is 28.6 Å². The highest BCUT2D eigenvalue weighted by Crippen LogP contribution is 2.17. The number of anilines is 1. The number of aromatic nitrogens is 2. The molecule has 0 bridgehead atoms. The van der Waals surface area contributed by atoms with Crippen molar-refractivity contribution < 1.29 is 0 Å². The van der Waals surface area contributed by atoms with Gasteiger partial charge in [-0.3, -0.25) is 9.20 Å². The Morgan fingerprint density at radius 2 is 1.85 bits per heavy atom. The third kappa shape index (κ3) is 2.40. The Morgan fingerprint density at radius 1 is 1.12 bits per heavy atom. The van der Waals surface area contributed by atoms with E-state index in [4.69, 9.17) is 0 Å². The van der Waals surface area contributed by atoms with Crippen LogP contribution in [0.4, 0.5) is 5.69 Å². The van der Waals surface area contributed by atoms with Crippen LogP contribution in [0.2, 0.25) is 0 Å². The number of aryl methyl sites for hydroxylation is 1. The summed E-state index contributed by atoms with van der Waals surface area (Å²) in [6.45, 7) is 3.80. The van der Waals surface area contributed by atoms with E-state index < -0.39 is 0 Å². The minimum absolute atomic E-state index is 0.190. The fourth-order valence-corrected chi connectivity index (χ4v) is 3.09. The molecule has 126 valence electrons. The number of nitrogens with zero attached hydrogens (tertiary/aromatic N) is 3. The fraction of sp³-hybridized carbons (Fsp3) is 0.0952. The third-order valence-corrected chi connectivity index (χ3v) is 4.54. The number of nitrogens with one attached hydrogen (secondary N) is 1. The van der Waals surface area contributed by atoms with Crippen LogP contribution in [0.3, 0.4) is 0 Å². The van der Waals surface area contributed by atoms with Gasteiger partial charge < -0.3 is 5.32 Å². The van der Waals surface area contributed by atoms with Gasteiger partial charge >= 0.3 is 0 Å². The summed E-state index contributed by atoms with van der Waals surface area (Å²) in [5.41, 5.74) is 4.70. The average molecular weight is 340 g/mol. The Morgan fingerprint density at radius 3 is 2.58 bits per heavy atom. The molecule has 5 heteroatoms. The molecule has 0 aliphatic rings. The van der Waals surface area contributed by atoms with Crippen LogP contribution in [0, 0.1) is 25.2 Å². The Bertz CT molecular complexity index is 1290. The monoisotopic (exact) mass is 340 g/mol. The van der Waals surface area contributed by atoms with Crippen molar-refractivity contribution in [3.8, 4) is 6.07 Å². The number of fused-ring (bicyclic) bond motifs is 3. The van der Waals surface area contributed by atoms with Gasteiger partial charge in [-0.25, -0.2) is 4.98 Å². The smallest absolute Gasteiger partial charge is 0.265 e. The molecule has 0 aliphatic carbocycles. The van der Waals surface area contributed by atoms with E-state index in [2.05, 4.69) is 16.4 Å². The second-order valence-electron chi connectivity index (χ2n) is 6.24. The molecule has 0 atom stereocenters. The summed E-state index contributed by atoms with van der Waals surface area (Å²) in [6, 6.07) is 17.5. The van der Waals surface area contributed by atoms with Crippen LogP contribution in [0.25, 0.3) is 22.9 Å². The molecule has 5 nitrogen and oxygen atoms in total. The Balaban J connectivity index is 2.01. The zero-order chi connectivity index (χ0) is 18.3. The molecule has 26 heavy (non-hydrogen) atoms. The van der Waals surface area contributed by atoms with Gasteiger partial charge in [0, 0.05) is 11.9 Å². The van der Waals surface area contributed by atoms with E-state index in [1.54, 1.807) is 13.1 Å². The van der Waals surface area contributed by atoms with Crippen molar-refractivity contribution in [1.29, 1.82) is 5.26 Å². The number of hydrogen-bond acceptors (Lipinski definition) is 4. The number of pyridine rings is 1. The van der Waals surface area contributed by atoms with Gasteiger partial charge in [0.25, 0.3) is 5.56 Å². The van der Waals surface area contributed by atoms with E-state index in [0.717, 1.165) is 11.3 Å². The minimum Gasteiger partial charge on any atom is -0.361 e. The van der Waals surface area contributed by atoms with Crippen LogP contribution in [0.5, 0.6) is 0 Å². The standard InChI is InChI=1S/C21H16N4O/c1-13-7-9-15(10-8-13)23-12-17-14(2)16(11-22)20-24-18-5-3-4-6-19(18)25(20)21(17)26/h3-10,12,23H,1-2H3/b17-12+. The molecular weight excluding hydrogens is 324 g/mol. The molecule has 0 saturated heterocycles.